The second kappa shape index (κ2) is 8.84. The van der Waals surface area contributed by atoms with Gasteiger partial charge in [-0.3, -0.25) is 0 Å². The highest BCUT2D eigenvalue weighted by Gasteiger charge is 2.26. The lowest BCUT2D eigenvalue weighted by Crippen LogP contribution is -2.16. The Hall–Kier alpha value is 0.340. The van der Waals surface area contributed by atoms with Gasteiger partial charge in [-0.15, -0.1) is 7.92 Å². The summed E-state index contributed by atoms with van der Waals surface area (Å²) in [5.41, 5.74) is 5.13. The molecule has 0 spiro atoms. The first-order chi connectivity index (χ1) is 9.73. The fourth-order valence-corrected chi connectivity index (χ4v) is 8.86. The first-order valence-corrected chi connectivity index (χ1v) is 12.0. The molecule has 1 aliphatic carbocycles. The molecule has 1 unspecified atom stereocenters. The predicted molar refractivity (Wildman–Crippen MR) is 105 cm³/mol. The van der Waals surface area contributed by atoms with E-state index >= 15 is 0 Å². The molecule has 0 amide bonds. The van der Waals surface area contributed by atoms with Crippen molar-refractivity contribution in [3.63, 3.8) is 0 Å². The van der Waals surface area contributed by atoms with Crippen molar-refractivity contribution in [3.8, 4) is 0 Å². The van der Waals surface area contributed by atoms with Crippen molar-refractivity contribution in [3.05, 3.63) is 23.8 Å². The molecule has 0 radical (unpaired) electrons. The fourth-order valence-electron chi connectivity index (χ4n) is 3.33. The van der Waals surface area contributed by atoms with Gasteiger partial charge < -0.3 is 0 Å². The van der Waals surface area contributed by atoms with Crippen LogP contribution in [0.25, 0.3) is 0 Å². The van der Waals surface area contributed by atoms with E-state index in [4.69, 9.17) is 0 Å². The Morgan fingerprint density at radius 3 is 1.71 bits per heavy atom. The maximum atomic E-state index is 2.48. The number of allylic oxidation sites excluding steroid dienone is 4. The molecule has 0 aromatic carbocycles. The Labute approximate surface area is 136 Å². The van der Waals surface area contributed by atoms with Gasteiger partial charge in [0.25, 0.3) is 0 Å². The lowest BCUT2D eigenvalue weighted by molar-refractivity contribution is 0.861. The Kier molecular flexibility index (Phi) is 8.16. The SMILES string of the molecule is CC(C)P(CC1=CC=CC1CP(C(C)C)C(C)C)C(C)C. The smallest absolute Gasteiger partial charge is 0.00260 e. The van der Waals surface area contributed by atoms with E-state index in [9.17, 15) is 0 Å². The molecule has 0 saturated heterocycles. The number of rotatable bonds is 8. The Bertz CT molecular complexity index is 348. The molecule has 21 heavy (non-hydrogen) atoms. The molecule has 0 saturated carbocycles. The van der Waals surface area contributed by atoms with E-state index in [1.54, 1.807) is 5.57 Å². The van der Waals surface area contributed by atoms with Crippen LogP contribution in [0.3, 0.4) is 0 Å². The van der Waals surface area contributed by atoms with E-state index in [2.05, 4.69) is 73.6 Å². The maximum absolute atomic E-state index is 2.48. The lowest BCUT2D eigenvalue weighted by atomic mass is 10.1. The average molecular weight is 326 g/mol. The van der Waals surface area contributed by atoms with E-state index in [0.29, 0.717) is 0 Å². The van der Waals surface area contributed by atoms with Gasteiger partial charge in [0.05, 0.1) is 0 Å². The minimum Gasteiger partial charge on any atom is -0.101 e. The summed E-state index contributed by atoms with van der Waals surface area (Å²) in [6, 6.07) is 0. The summed E-state index contributed by atoms with van der Waals surface area (Å²) in [5.74, 6) is 0.739. The van der Waals surface area contributed by atoms with Gasteiger partial charge in [-0.2, -0.15) is 0 Å². The van der Waals surface area contributed by atoms with Crippen LogP contribution < -0.4 is 0 Å². The first kappa shape index (κ1) is 19.4. The van der Waals surface area contributed by atoms with Crippen molar-refractivity contribution in [2.45, 2.75) is 78.0 Å². The van der Waals surface area contributed by atoms with E-state index < -0.39 is 0 Å². The van der Waals surface area contributed by atoms with Gasteiger partial charge in [-0.05, 0) is 35.0 Å². The summed E-state index contributed by atoms with van der Waals surface area (Å²) in [6.07, 6.45) is 10.00. The predicted octanol–water partition coefficient (Wildman–Crippen LogP) is 6.70. The second-order valence-electron chi connectivity index (χ2n) is 7.48. The van der Waals surface area contributed by atoms with Gasteiger partial charge in [-0.25, -0.2) is 0 Å². The van der Waals surface area contributed by atoms with Crippen LogP contribution in [0.15, 0.2) is 23.8 Å². The zero-order valence-corrected chi connectivity index (χ0v) is 17.2. The summed E-state index contributed by atoms with van der Waals surface area (Å²) < 4.78 is 0. The summed E-state index contributed by atoms with van der Waals surface area (Å²) in [5, 5.41) is 0. The molecular formula is C19H36P2. The zero-order valence-electron chi connectivity index (χ0n) is 15.4. The molecule has 0 N–H and O–H groups in total. The van der Waals surface area contributed by atoms with Crippen LogP contribution in [0, 0.1) is 5.92 Å². The van der Waals surface area contributed by atoms with Gasteiger partial charge >= 0.3 is 0 Å². The van der Waals surface area contributed by atoms with Gasteiger partial charge in [0.2, 0.25) is 0 Å². The minimum absolute atomic E-state index is 0.127. The van der Waals surface area contributed by atoms with Crippen molar-refractivity contribution in [2.75, 3.05) is 12.3 Å². The monoisotopic (exact) mass is 326 g/mol. The van der Waals surface area contributed by atoms with Crippen LogP contribution in [0.5, 0.6) is 0 Å². The minimum atomic E-state index is 0.127. The van der Waals surface area contributed by atoms with E-state index in [1.165, 1.54) is 12.3 Å². The van der Waals surface area contributed by atoms with Gasteiger partial charge in [0.1, 0.15) is 0 Å². The summed E-state index contributed by atoms with van der Waals surface area (Å²) in [6.45, 7) is 19.3. The van der Waals surface area contributed by atoms with Crippen LogP contribution in [0.4, 0.5) is 0 Å². The van der Waals surface area contributed by atoms with E-state index in [-0.39, 0.29) is 15.8 Å². The van der Waals surface area contributed by atoms with Crippen molar-refractivity contribution in [2.24, 2.45) is 5.92 Å². The molecule has 0 heterocycles. The molecule has 2 heteroatoms. The third kappa shape index (κ3) is 5.80. The van der Waals surface area contributed by atoms with Gasteiger partial charge in [0, 0.05) is 5.92 Å². The van der Waals surface area contributed by atoms with Gasteiger partial charge in [0.15, 0.2) is 0 Å². The zero-order chi connectivity index (χ0) is 16.2. The summed E-state index contributed by atoms with van der Waals surface area (Å²) in [7, 11) is 0.270. The Morgan fingerprint density at radius 2 is 1.29 bits per heavy atom. The van der Waals surface area contributed by atoms with Crippen LogP contribution in [-0.2, 0) is 0 Å². The fraction of sp³-hybridized carbons (Fsp3) is 0.789. The third-order valence-electron chi connectivity index (χ3n) is 4.56. The molecule has 0 aromatic rings. The van der Waals surface area contributed by atoms with Crippen molar-refractivity contribution in [1.29, 1.82) is 0 Å². The maximum Gasteiger partial charge on any atom is 0.00260 e. The summed E-state index contributed by atoms with van der Waals surface area (Å²) in [4.78, 5) is 0. The highest BCUT2D eigenvalue weighted by Crippen LogP contribution is 2.52. The van der Waals surface area contributed by atoms with Crippen LogP contribution in [0.1, 0.15) is 55.4 Å². The topological polar surface area (TPSA) is 0 Å². The highest BCUT2D eigenvalue weighted by molar-refractivity contribution is 7.59. The molecule has 0 fully saturated rings. The molecule has 0 aromatic heterocycles. The molecule has 0 nitrogen and oxygen atoms in total. The molecule has 1 rings (SSSR count). The highest BCUT2D eigenvalue weighted by atomic mass is 31.1. The molecule has 0 aliphatic heterocycles. The number of hydrogen-bond donors (Lipinski definition) is 0. The largest absolute Gasteiger partial charge is 0.101 e. The normalized spacial score (nSPS) is 19.1. The standard InChI is InChI=1S/C19H36P2/c1-14(2)20(15(3)4)12-18-10-9-11-19(18)13-21(16(5)6)17(7)8/h9-11,14-18H,12-13H2,1-8H3. The molecule has 0 bridgehead atoms. The van der Waals surface area contributed by atoms with Crippen molar-refractivity contribution < 1.29 is 0 Å². The quantitative estimate of drug-likeness (QED) is 0.436. The van der Waals surface area contributed by atoms with Crippen LogP contribution >= 0.6 is 15.8 Å². The van der Waals surface area contributed by atoms with Crippen LogP contribution in [-0.4, -0.2) is 35.0 Å². The number of hydrogen-bond acceptors (Lipinski definition) is 0. The van der Waals surface area contributed by atoms with E-state index in [0.717, 1.165) is 28.6 Å². The van der Waals surface area contributed by atoms with Crippen molar-refractivity contribution in [1.82, 2.24) is 0 Å². The second-order valence-corrected chi connectivity index (χ2v) is 14.3. The van der Waals surface area contributed by atoms with Crippen molar-refractivity contribution >= 4 is 15.8 Å². The Morgan fingerprint density at radius 1 is 0.810 bits per heavy atom. The molecule has 1 aliphatic rings. The molecule has 122 valence electrons. The first-order valence-electron chi connectivity index (χ1n) is 8.62. The molecular weight excluding hydrogens is 290 g/mol. The summed E-state index contributed by atoms with van der Waals surface area (Å²) >= 11 is 0. The van der Waals surface area contributed by atoms with Gasteiger partial charge in [-0.1, -0.05) is 87.1 Å². The third-order valence-corrected chi connectivity index (χ3v) is 11.4. The average Bonchev–Trinajstić information content (AvgIpc) is 2.78. The van der Waals surface area contributed by atoms with E-state index in [1.807, 2.05) is 0 Å². The molecule has 1 atom stereocenters. The Balaban J connectivity index is 2.72. The lowest BCUT2D eigenvalue weighted by Gasteiger charge is -2.32. The van der Waals surface area contributed by atoms with Crippen LogP contribution in [0.2, 0.25) is 0 Å².